The van der Waals surface area contributed by atoms with E-state index in [1.165, 1.54) is 6.07 Å². The standard InChI is InChI=1S/C13H15N3O2/c1-7-6-10(17)4-5-11(7)14-13(18)12-8(2)15-16-9(12)3/h4-6,17H,1-3H3,(H,14,18)(H,15,16). The second-order valence-corrected chi connectivity index (χ2v) is 4.26. The van der Waals surface area contributed by atoms with Crippen LogP contribution in [0.1, 0.15) is 27.3 Å². The zero-order valence-electron chi connectivity index (χ0n) is 10.5. The molecule has 2 aromatic rings. The van der Waals surface area contributed by atoms with Crippen LogP contribution in [0.4, 0.5) is 5.69 Å². The average Bonchev–Trinajstić information content (AvgIpc) is 2.62. The predicted molar refractivity (Wildman–Crippen MR) is 68.9 cm³/mol. The van der Waals surface area contributed by atoms with Gasteiger partial charge in [0.25, 0.3) is 5.91 Å². The molecule has 0 spiro atoms. The molecule has 0 saturated carbocycles. The van der Waals surface area contributed by atoms with E-state index in [-0.39, 0.29) is 11.7 Å². The third-order valence-electron chi connectivity index (χ3n) is 2.81. The maximum atomic E-state index is 12.1. The number of phenolic OH excluding ortho intramolecular Hbond substituents is 1. The van der Waals surface area contributed by atoms with E-state index in [1.807, 2.05) is 6.92 Å². The van der Waals surface area contributed by atoms with Crippen LogP contribution < -0.4 is 5.32 Å². The molecule has 0 atom stereocenters. The van der Waals surface area contributed by atoms with Gasteiger partial charge in [-0.15, -0.1) is 0 Å². The molecule has 0 aliphatic heterocycles. The minimum absolute atomic E-state index is 0.182. The number of amides is 1. The number of carbonyl (C=O) groups excluding carboxylic acids is 1. The van der Waals surface area contributed by atoms with Crippen LogP contribution in [-0.4, -0.2) is 21.2 Å². The van der Waals surface area contributed by atoms with E-state index in [0.717, 1.165) is 11.3 Å². The van der Waals surface area contributed by atoms with Crippen molar-refractivity contribution in [1.29, 1.82) is 0 Å². The molecule has 5 heteroatoms. The van der Waals surface area contributed by atoms with Gasteiger partial charge in [0.15, 0.2) is 0 Å². The molecule has 1 amide bonds. The quantitative estimate of drug-likeness (QED) is 0.710. The van der Waals surface area contributed by atoms with Gasteiger partial charge in [-0.25, -0.2) is 0 Å². The van der Waals surface area contributed by atoms with Crippen molar-refractivity contribution in [2.75, 3.05) is 5.32 Å². The number of hydrogen-bond donors (Lipinski definition) is 3. The number of carbonyl (C=O) groups is 1. The van der Waals surface area contributed by atoms with E-state index in [4.69, 9.17) is 0 Å². The summed E-state index contributed by atoms with van der Waals surface area (Å²) >= 11 is 0. The largest absolute Gasteiger partial charge is 0.508 e. The summed E-state index contributed by atoms with van der Waals surface area (Å²) in [6, 6.07) is 4.82. The Morgan fingerprint density at radius 3 is 2.61 bits per heavy atom. The van der Waals surface area contributed by atoms with E-state index in [0.29, 0.717) is 16.9 Å². The number of H-pyrrole nitrogens is 1. The molecular formula is C13H15N3O2. The molecule has 0 radical (unpaired) electrons. The number of phenols is 1. The van der Waals surface area contributed by atoms with Crippen LogP contribution in [0.5, 0.6) is 5.75 Å². The van der Waals surface area contributed by atoms with Gasteiger partial charge in [0.1, 0.15) is 5.75 Å². The Morgan fingerprint density at radius 1 is 1.33 bits per heavy atom. The molecule has 0 fully saturated rings. The molecule has 2 rings (SSSR count). The van der Waals surface area contributed by atoms with Crippen LogP contribution in [0.15, 0.2) is 18.2 Å². The molecule has 1 aromatic carbocycles. The highest BCUT2D eigenvalue weighted by Crippen LogP contribution is 2.21. The minimum Gasteiger partial charge on any atom is -0.508 e. The fraction of sp³-hybridized carbons (Fsp3) is 0.231. The maximum absolute atomic E-state index is 12.1. The fourth-order valence-electron chi connectivity index (χ4n) is 1.86. The summed E-state index contributed by atoms with van der Waals surface area (Å²) in [5, 5.41) is 18.9. The molecule has 0 aliphatic rings. The normalized spacial score (nSPS) is 10.4. The van der Waals surface area contributed by atoms with Crippen LogP contribution in [-0.2, 0) is 0 Å². The van der Waals surface area contributed by atoms with Crippen LogP contribution in [0.2, 0.25) is 0 Å². The van der Waals surface area contributed by atoms with Gasteiger partial charge in [-0.05, 0) is 44.5 Å². The van der Waals surface area contributed by atoms with Crippen LogP contribution in [0.3, 0.4) is 0 Å². The summed E-state index contributed by atoms with van der Waals surface area (Å²) < 4.78 is 0. The fourth-order valence-corrected chi connectivity index (χ4v) is 1.86. The molecule has 5 nitrogen and oxygen atoms in total. The molecule has 3 N–H and O–H groups in total. The average molecular weight is 245 g/mol. The van der Waals surface area contributed by atoms with Gasteiger partial charge >= 0.3 is 0 Å². The number of benzene rings is 1. The van der Waals surface area contributed by atoms with Gasteiger partial charge < -0.3 is 10.4 Å². The molecule has 0 bridgehead atoms. The zero-order valence-corrected chi connectivity index (χ0v) is 10.5. The molecule has 1 heterocycles. The molecule has 0 saturated heterocycles. The van der Waals surface area contributed by atoms with Gasteiger partial charge in [0, 0.05) is 11.4 Å². The maximum Gasteiger partial charge on any atom is 0.259 e. The summed E-state index contributed by atoms with van der Waals surface area (Å²) in [6.45, 7) is 5.41. The number of aromatic hydroxyl groups is 1. The number of aromatic nitrogens is 2. The molecule has 94 valence electrons. The summed E-state index contributed by atoms with van der Waals surface area (Å²) in [5.41, 5.74) is 3.45. The van der Waals surface area contributed by atoms with Crippen molar-refractivity contribution >= 4 is 11.6 Å². The molecule has 0 aliphatic carbocycles. The molecule has 18 heavy (non-hydrogen) atoms. The van der Waals surface area contributed by atoms with Crippen LogP contribution in [0.25, 0.3) is 0 Å². The Bertz CT molecular complexity index is 583. The van der Waals surface area contributed by atoms with E-state index < -0.39 is 0 Å². The topological polar surface area (TPSA) is 78.0 Å². The van der Waals surface area contributed by atoms with Gasteiger partial charge in [-0.2, -0.15) is 5.10 Å². The lowest BCUT2D eigenvalue weighted by Gasteiger charge is -2.08. The number of aromatic amines is 1. The van der Waals surface area contributed by atoms with Crippen molar-refractivity contribution < 1.29 is 9.90 Å². The minimum atomic E-state index is -0.201. The predicted octanol–water partition coefficient (Wildman–Crippen LogP) is 2.29. The van der Waals surface area contributed by atoms with Gasteiger partial charge in [-0.1, -0.05) is 0 Å². The number of hydrogen-bond acceptors (Lipinski definition) is 3. The summed E-state index contributed by atoms with van der Waals surface area (Å²) in [7, 11) is 0. The smallest absolute Gasteiger partial charge is 0.259 e. The van der Waals surface area contributed by atoms with Crippen molar-refractivity contribution in [2.24, 2.45) is 0 Å². The first-order valence-electron chi connectivity index (χ1n) is 5.61. The van der Waals surface area contributed by atoms with E-state index >= 15 is 0 Å². The van der Waals surface area contributed by atoms with E-state index in [2.05, 4.69) is 15.5 Å². The zero-order chi connectivity index (χ0) is 13.3. The third kappa shape index (κ3) is 2.20. The number of aryl methyl sites for hydroxylation is 3. The third-order valence-corrected chi connectivity index (χ3v) is 2.81. The lowest BCUT2D eigenvalue weighted by molar-refractivity contribution is 0.102. The highest BCUT2D eigenvalue weighted by Gasteiger charge is 2.15. The Balaban J connectivity index is 2.27. The number of nitrogens with zero attached hydrogens (tertiary/aromatic N) is 1. The first kappa shape index (κ1) is 12.2. The highest BCUT2D eigenvalue weighted by atomic mass is 16.3. The SMILES string of the molecule is Cc1cc(O)ccc1NC(=O)c1c(C)n[nH]c1C. The molecular weight excluding hydrogens is 230 g/mol. The van der Waals surface area contributed by atoms with Crippen molar-refractivity contribution in [1.82, 2.24) is 10.2 Å². The summed E-state index contributed by atoms with van der Waals surface area (Å²) in [4.78, 5) is 12.1. The first-order valence-corrected chi connectivity index (χ1v) is 5.61. The van der Waals surface area contributed by atoms with Gasteiger partial charge in [-0.3, -0.25) is 9.89 Å². The number of rotatable bonds is 2. The summed E-state index contributed by atoms with van der Waals surface area (Å²) in [6.07, 6.45) is 0. The van der Waals surface area contributed by atoms with Crippen molar-refractivity contribution in [3.05, 3.63) is 40.7 Å². The lowest BCUT2D eigenvalue weighted by atomic mass is 10.1. The molecule has 0 unspecified atom stereocenters. The Hall–Kier alpha value is -2.30. The van der Waals surface area contributed by atoms with Crippen molar-refractivity contribution in [3.63, 3.8) is 0 Å². The van der Waals surface area contributed by atoms with Crippen LogP contribution >= 0.6 is 0 Å². The van der Waals surface area contributed by atoms with Crippen molar-refractivity contribution in [3.8, 4) is 5.75 Å². The second kappa shape index (κ2) is 4.52. The Kier molecular flexibility index (Phi) is 3.06. The summed E-state index contributed by atoms with van der Waals surface area (Å²) in [5.74, 6) is -0.0197. The first-order chi connectivity index (χ1) is 8.49. The van der Waals surface area contributed by atoms with E-state index in [1.54, 1.807) is 26.0 Å². The van der Waals surface area contributed by atoms with Gasteiger partial charge in [0.05, 0.1) is 11.3 Å². The highest BCUT2D eigenvalue weighted by molar-refractivity contribution is 6.06. The number of anilines is 1. The van der Waals surface area contributed by atoms with Crippen molar-refractivity contribution in [2.45, 2.75) is 20.8 Å². The van der Waals surface area contributed by atoms with Crippen LogP contribution in [0, 0.1) is 20.8 Å². The number of nitrogens with one attached hydrogen (secondary N) is 2. The lowest BCUT2D eigenvalue weighted by Crippen LogP contribution is -2.14. The second-order valence-electron chi connectivity index (χ2n) is 4.26. The van der Waals surface area contributed by atoms with Gasteiger partial charge in [0.2, 0.25) is 0 Å². The van der Waals surface area contributed by atoms with E-state index in [9.17, 15) is 9.90 Å². The monoisotopic (exact) mass is 245 g/mol. The Morgan fingerprint density at radius 2 is 2.06 bits per heavy atom. The Labute approximate surface area is 105 Å². The molecule has 1 aromatic heterocycles.